The Morgan fingerprint density at radius 1 is 0.391 bits per heavy atom. The number of para-hydroxylation sites is 1. The number of rotatable bonds is 5. The Kier molecular flexibility index (Phi) is 6.10. The highest BCUT2D eigenvalue weighted by Crippen LogP contribution is 2.36. The van der Waals surface area contributed by atoms with E-state index in [1.807, 2.05) is 42.5 Å². The molecule has 0 aliphatic heterocycles. The van der Waals surface area contributed by atoms with E-state index in [1.54, 1.807) is 0 Å². The van der Waals surface area contributed by atoms with E-state index >= 15 is 0 Å². The maximum atomic E-state index is 6.00. The van der Waals surface area contributed by atoms with Gasteiger partial charge in [-0.05, 0) is 87.6 Å². The van der Waals surface area contributed by atoms with Crippen molar-refractivity contribution in [3.8, 4) is 50.8 Å². The largest absolute Gasteiger partial charge is 0.416 e. The second-order valence-electron chi connectivity index (χ2n) is 11.5. The minimum absolute atomic E-state index is 0.503. The zero-order valence-corrected chi connectivity index (χ0v) is 24.8. The molecule has 0 radical (unpaired) electrons. The molecular formula is C42H27N3O. The summed E-state index contributed by atoms with van der Waals surface area (Å²) < 4.78 is 8.33. The van der Waals surface area contributed by atoms with Gasteiger partial charge in [-0.25, -0.2) is 0 Å². The van der Waals surface area contributed by atoms with Gasteiger partial charge in [-0.15, -0.1) is 10.2 Å². The quantitative estimate of drug-likeness (QED) is 0.201. The van der Waals surface area contributed by atoms with Gasteiger partial charge in [0.05, 0.1) is 11.0 Å². The van der Waals surface area contributed by atoms with E-state index in [0.717, 1.165) is 27.8 Å². The zero-order valence-electron chi connectivity index (χ0n) is 24.8. The number of hydrogen-bond acceptors (Lipinski definition) is 3. The second-order valence-corrected chi connectivity index (χ2v) is 11.5. The molecule has 216 valence electrons. The molecule has 0 saturated carbocycles. The Morgan fingerprint density at radius 2 is 0.978 bits per heavy atom. The van der Waals surface area contributed by atoms with Gasteiger partial charge in [0, 0.05) is 27.6 Å². The lowest BCUT2D eigenvalue weighted by Gasteiger charge is -2.10. The van der Waals surface area contributed by atoms with Crippen LogP contribution in [0.1, 0.15) is 0 Å². The second kappa shape index (κ2) is 10.7. The predicted molar refractivity (Wildman–Crippen MR) is 188 cm³/mol. The fraction of sp³-hybridized carbons (Fsp3) is 0. The van der Waals surface area contributed by atoms with Gasteiger partial charge >= 0.3 is 0 Å². The monoisotopic (exact) mass is 589 g/mol. The van der Waals surface area contributed by atoms with Crippen LogP contribution in [0.5, 0.6) is 0 Å². The number of aromatic nitrogens is 3. The molecule has 0 atom stereocenters. The lowest BCUT2D eigenvalue weighted by Crippen LogP contribution is -1.93. The molecule has 2 heterocycles. The third-order valence-electron chi connectivity index (χ3n) is 8.81. The minimum atomic E-state index is 0.503. The molecule has 0 fully saturated rings. The first kappa shape index (κ1) is 26.2. The lowest BCUT2D eigenvalue weighted by atomic mass is 9.96. The average molecular weight is 590 g/mol. The van der Waals surface area contributed by atoms with Gasteiger partial charge in [-0.2, -0.15) is 0 Å². The van der Waals surface area contributed by atoms with Crippen LogP contribution in [0, 0.1) is 0 Å². The highest BCUT2D eigenvalue weighted by atomic mass is 16.4. The maximum Gasteiger partial charge on any atom is 0.248 e. The van der Waals surface area contributed by atoms with Crippen molar-refractivity contribution < 1.29 is 4.42 Å². The van der Waals surface area contributed by atoms with Gasteiger partial charge in [0.1, 0.15) is 0 Å². The van der Waals surface area contributed by atoms with Gasteiger partial charge in [0.25, 0.3) is 0 Å². The fourth-order valence-corrected chi connectivity index (χ4v) is 6.54. The average Bonchev–Trinajstić information content (AvgIpc) is 3.76. The Morgan fingerprint density at radius 3 is 1.78 bits per heavy atom. The Labute approximate surface area is 265 Å². The van der Waals surface area contributed by atoms with Crippen LogP contribution in [0.2, 0.25) is 0 Å². The lowest BCUT2D eigenvalue weighted by molar-refractivity contribution is 0.584. The molecule has 0 aliphatic carbocycles. The Balaban J connectivity index is 1.07. The van der Waals surface area contributed by atoms with Crippen molar-refractivity contribution in [3.63, 3.8) is 0 Å². The van der Waals surface area contributed by atoms with Crippen molar-refractivity contribution in [2.24, 2.45) is 0 Å². The molecule has 0 spiro atoms. The summed E-state index contributed by atoms with van der Waals surface area (Å²) in [7, 11) is 0. The van der Waals surface area contributed by atoms with Crippen LogP contribution in [-0.2, 0) is 0 Å². The summed E-state index contributed by atoms with van der Waals surface area (Å²) in [5, 5.41) is 13.5. The Hall–Kier alpha value is -6.26. The first-order valence-corrected chi connectivity index (χ1v) is 15.4. The predicted octanol–water partition coefficient (Wildman–Crippen LogP) is 11.0. The molecule has 9 rings (SSSR count). The first-order valence-electron chi connectivity index (χ1n) is 15.4. The molecule has 0 amide bonds. The molecule has 0 unspecified atom stereocenters. The van der Waals surface area contributed by atoms with Crippen molar-refractivity contribution in [1.29, 1.82) is 0 Å². The van der Waals surface area contributed by atoms with E-state index in [-0.39, 0.29) is 0 Å². The molecular weight excluding hydrogens is 562 g/mol. The van der Waals surface area contributed by atoms with Crippen molar-refractivity contribution in [2.75, 3.05) is 0 Å². The van der Waals surface area contributed by atoms with Crippen LogP contribution in [0.3, 0.4) is 0 Å². The summed E-state index contributed by atoms with van der Waals surface area (Å²) >= 11 is 0. The van der Waals surface area contributed by atoms with Gasteiger partial charge in [0.15, 0.2) is 0 Å². The van der Waals surface area contributed by atoms with E-state index in [9.17, 15) is 0 Å². The topological polar surface area (TPSA) is 43.9 Å². The molecule has 0 N–H and O–H groups in total. The molecule has 0 saturated heterocycles. The fourth-order valence-electron chi connectivity index (χ4n) is 6.54. The van der Waals surface area contributed by atoms with Crippen LogP contribution in [-0.4, -0.2) is 14.8 Å². The van der Waals surface area contributed by atoms with Crippen LogP contribution in [0.15, 0.2) is 168 Å². The molecule has 7 aromatic carbocycles. The summed E-state index contributed by atoms with van der Waals surface area (Å²) in [5.74, 6) is 1.02. The van der Waals surface area contributed by atoms with Crippen LogP contribution in [0.4, 0.5) is 0 Å². The maximum absolute atomic E-state index is 6.00. The van der Waals surface area contributed by atoms with E-state index in [4.69, 9.17) is 4.42 Å². The summed E-state index contributed by atoms with van der Waals surface area (Å²) in [6.07, 6.45) is 0. The smallest absolute Gasteiger partial charge is 0.248 e. The molecule has 4 heteroatoms. The molecule has 9 aromatic rings. The standard InChI is InChI=1S/C42H27N3O/c1-2-10-31(11-3-1)41-43-44-42(46-41)32-21-24-34(25-22-32)45-39-16-7-6-14-37(39)38-27-33(23-26-40(38)45)28-17-19-30(20-18-28)36-15-8-12-29-9-4-5-13-35(29)36/h1-27H. The highest BCUT2D eigenvalue weighted by Gasteiger charge is 2.15. The minimum Gasteiger partial charge on any atom is -0.416 e. The summed E-state index contributed by atoms with van der Waals surface area (Å²) in [4.78, 5) is 0. The van der Waals surface area contributed by atoms with Crippen LogP contribution in [0.25, 0.3) is 83.4 Å². The van der Waals surface area contributed by atoms with E-state index < -0.39 is 0 Å². The molecule has 0 aliphatic rings. The first-order chi connectivity index (χ1) is 22.8. The van der Waals surface area contributed by atoms with Gasteiger partial charge in [0.2, 0.25) is 11.8 Å². The van der Waals surface area contributed by atoms with Gasteiger partial charge < -0.3 is 8.98 Å². The van der Waals surface area contributed by atoms with Gasteiger partial charge in [-0.3, -0.25) is 0 Å². The van der Waals surface area contributed by atoms with Crippen molar-refractivity contribution in [2.45, 2.75) is 0 Å². The molecule has 46 heavy (non-hydrogen) atoms. The van der Waals surface area contributed by atoms with Crippen LogP contribution >= 0.6 is 0 Å². The number of benzene rings is 7. The normalized spacial score (nSPS) is 11.5. The summed E-state index contributed by atoms with van der Waals surface area (Å²) in [6.45, 7) is 0. The van der Waals surface area contributed by atoms with E-state index in [0.29, 0.717) is 11.8 Å². The van der Waals surface area contributed by atoms with E-state index in [1.165, 1.54) is 43.8 Å². The van der Waals surface area contributed by atoms with Crippen molar-refractivity contribution in [3.05, 3.63) is 164 Å². The van der Waals surface area contributed by atoms with Crippen molar-refractivity contribution in [1.82, 2.24) is 14.8 Å². The number of fused-ring (bicyclic) bond motifs is 4. The summed E-state index contributed by atoms with van der Waals surface area (Å²) in [6, 6.07) is 57.6. The zero-order chi connectivity index (χ0) is 30.5. The molecule has 0 bridgehead atoms. The van der Waals surface area contributed by atoms with Crippen LogP contribution < -0.4 is 0 Å². The van der Waals surface area contributed by atoms with Gasteiger partial charge in [-0.1, -0.05) is 109 Å². The number of nitrogens with zero attached hydrogens (tertiary/aromatic N) is 3. The SMILES string of the molecule is c1ccc(-c2nnc(-c3ccc(-n4c5ccccc5c5cc(-c6ccc(-c7cccc8ccccc78)cc6)ccc54)cc3)o2)cc1. The Bertz CT molecular complexity index is 2500. The summed E-state index contributed by atoms with van der Waals surface area (Å²) in [5.41, 5.74) is 10.1. The third kappa shape index (κ3) is 4.39. The number of hydrogen-bond donors (Lipinski definition) is 0. The third-order valence-corrected chi connectivity index (χ3v) is 8.81. The van der Waals surface area contributed by atoms with Crippen molar-refractivity contribution >= 4 is 32.6 Å². The van der Waals surface area contributed by atoms with E-state index in [2.05, 4.69) is 136 Å². The molecule has 4 nitrogen and oxygen atoms in total. The highest BCUT2D eigenvalue weighted by molar-refractivity contribution is 6.10. The molecule has 2 aromatic heterocycles.